The maximum absolute atomic E-state index is 11.8. The predicted molar refractivity (Wildman–Crippen MR) is 69.2 cm³/mol. The number of oxime groups is 1. The van der Waals surface area contributed by atoms with Crippen molar-refractivity contribution < 1.29 is 12.7 Å². The molecular formula is C13H10N2O3S. The summed E-state index contributed by atoms with van der Waals surface area (Å²) in [5, 5.41) is 3.56. The van der Waals surface area contributed by atoms with Crippen LogP contribution >= 0.6 is 0 Å². The number of pyridine rings is 1. The van der Waals surface area contributed by atoms with Crippen LogP contribution in [-0.2, 0) is 20.8 Å². The van der Waals surface area contributed by atoms with Gasteiger partial charge in [-0.25, -0.2) is 4.98 Å². The van der Waals surface area contributed by atoms with Gasteiger partial charge in [0.1, 0.15) is 0 Å². The van der Waals surface area contributed by atoms with E-state index in [-0.39, 0.29) is 5.03 Å². The first-order chi connectivity index (χ1) is 9.17. The first kappa shape index (κ1) is 11.9. The Morgan fingerprint density at radius 1 is 1.11 bits per heavy atom. The van der Waals surface area contributed by atoms with Crippen molar-refractivity contribution in [3.05, 3.63) is 59.8 Å². The monoisotopic (exact) mass is 274 g/mol. The molecule has 1 aromatic heterocycles. The number of rotatable bonds is 3. The molecule has 2 aromatic rings. The molecule has 1 aromatic carbocycles. The lowest BCUT2D eigenvalue weighted by atomic mass is 9.87. The molecule has 3 rings (SSSR count). The molecule has 0 unspecified atom stereocenters. The van der Waals surface area contributed by atoms with Crippen molar-refractivity contribution in [1.82, 2.24) is 4.98 Å². The topological polar surface area (TPSA) is 68.6 Å². The molecular weight excluding hydrogens is 264 g/mol. The van der Waals surface area contributed by atoms with Crippen molar-refractivity contribution in [2.75, 3.05) is 0 Å². The number of fused-ring (bicyclic) bond motifs is 1. The maximum atomic E-state index is 11.8. The quantitative estimate of drug-likeness (QED) is 0.800. The molecule has 0 saturated heterocycles. The Hall–Kier alpha value is -2.21. The van der Waals surface area contributed by atoms with Crippen molar-refractivity contribution in [2.45, 2.75) is 11.4 Å². The smallest absolute Gasteiger partial charge is 0.263 e. The fourth-order valence-electron chi connectivity index (χ4n) is 1.83. The highest BCUT2D eigenvalue weighted by molar-refractivity contribution is 7.86. The number of hydrogen-bond donors (Lipinski definition) is 0. The molecule has 1 aliphatic carbocycles. The van der Waals surface area contributed by atoms with Gasteiger partial charge in [0.05, 0.1) is 5.71 Å². The van der Waals surface area contributed by atoms with Gasteiger partial charge in [0, 0.05) is 18.2 Å². The van der Waals surface area contributed by atoms with Gasteiger partial charge in [-0.15, -0.1) is 0 Å². The van der Waals surface area contributed by atoms with Crippen LogP contribution in [0.5, 0.6) is 0 Å². The third kappa shape index (κ3) is 2.22. The molecule has 0 fully saturated rings. The highest BCUT2D eigenvalue weighted by Gasteiger charge is 2.23. The van der Waals surface area contributed by atoms with E-state index in [9.17, 15) is 8.42 Å². The molecule has 0 bridgehead atoms. The standard InChI is InChI=1S/C13H10N2O3S/c16-19(17,13-7-3-4-8-14-13)18-15-12-9-10-5-1-2-6-11(10)12/h1-8H,9H2. The Bertz CT molecular complexity index is 739. The second-order valence-electron chi connectivity index (χ2n) is 4.07. The average molecular weight is 274 g/mol. The van der Waals surface area contributed by atoms with Crippen LogP contribution in [-0.4, -0.2) is 19.1 Å². The zero-order valence-electron chi connectivity index (χ0n) is 9.85. The van der Waals surface area contributed by atoms with Gasteiger partial charge in [-0.05, 0) is 17.7 Å². The van der Waals surface area contributed by atoms with E-state index in [1.165, 1.54) is 12.3 Å². The highest BCUT2D eigenvalue weighted by atomic mass is 32.2. The van der Waals surface area contributed by atoms with E-state index in [0.717, 1.165) is 11.1 Å². The molecule has 6 heteroatoms. The Morgan fingerprint density at radius 3 is 2.63 bits per heavy atom. The molecule has 0 saturated carbocycles. The Balaban J connectivity index is 1.82. The minimum atomic E-state index is -3.93. The third-order valence-electron chi connectivity index (χ3n) is 2.83. The molecule has 0 N–H and O–H groups in total. The number of aromatic nitrogens is 1. The summed E-state index contributed by atoms with van der Waals surface area (Å²) in [6, 6.07) is 12.2. The van der Waals surface area contributed by atoms with Crippen LogP contribution in [0.3, 0.4) is 0 Å². The Labute approximate surface area is 110 Å². The lowest BCUT2D eigenvalue weighted by Gasteiger charge is -2.19. The summed E-state index contributed by atoms with van der Waals surface area (Å²) in [7, 11) is -3.93. The van der Waals surface area contributed by atoms with Crippen LogP contribution in [0.25, 0.3) is 0 Å². The molecule has 0 radical (unpaired) electrons. The summed E-state index contributed by atoms with van der Waals surface area (Å²) < 4.78 is 28.3. The molecule has 5 nitrogen and oxygen atoms in total. The summed E-state index contributed by atoms with van der Waals surface area (Å²) in [4.78, 5) is 3.73. The first-order valence-electron chi connectivity index (χ1n) is 5.67. The van der Waals surface area contributed by atoms with Crippen LogP contribution in [0.15, 0.2) is 58.8 Å². The lowest BCUT2D eigenvalue weighted by molar-refractivity contribution is 0.335. The average Bonchev–Trinajstić information content (AvgIpc) is 2.41. The van der Waals surface area contributed by atoms with Crippen LogP contribution in [0.2, 0.25) is 0 Å². The van der Waals surface area contributed by atoms with E-state index in [1.54, 1.807) is 12.1 Å². The Kier molecular flexibility index (Phi) is 2.79. The lowest BCUT2D eigenvalue weighted by Crippen LogP contribution is -2.20. The fraction of sp³-hybridized carbons (Fsp3) is 0.0769. The van der Waals surface area contributed by atoms with E-state index in [0.29, 0.717) is 12.1 Å². The summed E-state index contributed by atoms with van der Waals surface area (Å²) in [6.07, 6.45) is 2.01. The van der Waals surface area contributed by atoms with E-state index in [2.05, 4.69) is 14.4 Å². The second kappa shape index (κ2) is 4.47. The van der Waals surface area contributed by atoms with Gasteiger partial charge < -0.3 is 0 Å². The summed E-state index contributed by atoms with van der Waals surface area (Å²) in [5.74, 6) is 0. The van der Waals surface area contributed by atoms with Crippen LogP contribution in [0.1, 0.15) is 11.1 Å². The van der Waals surface area contributed by atoms with Gasteiger partial charge in [-0.3, -0.25) is 4.28 Å². The van der Waals surface area contributed by atoms with Crippen molar-refractivity contribution in [2.24, 2.45) is 5.16 Å². The Morgan fingerprint density at radius 2 is 1.89 bits per heavy atom. The van der Waals surface area contributed by atoms with Gasteiger partial charge >= 0.3 is 10.1 Å². The van der Waals surface area contributed by atoms with E-state index in [1.807, 2.05) is 24.3 Å². The number of hydrogen-bond acceptors (Lipinski definition) is 5. The number of nitrogens with zero attached hydrogens (tertiary/aromatic N) is 2. The van der Waals surface area contributed by atoms with E-state index < -0.39 is 10.1 Å². The fourth-order valence-corrected chi connectivity index (χ4v) is 2.53. The molecule has 0 aliphatic heterocycles. The highest BCUT2D eigenvalue weighted by Crippen LogP contribution is 2.23. The van der Waals surface area contributed by atoms with Gasteiger partial charge in [0.25, 0.3) is 0 Å². The zero-order valence-corrected chi connectivity index (χ0v) is 10.7. The van der Waals surface area contributed by atoms with Gasteiger partial charge in [-0.1, -0.05) is 35.5 Å². The minimum Gasteiger partial charge on any atom is -0.263 e. The third-order valence-corrected chi connectivity index (χ3v) is 3.85. The molecule has 1 aliphatic rings. The molecule has 0 spiro atoms. The molecule has 0 amide bonds. The molecule has 1 heterocycles. The second-order valence-corrected chi connectivity index (χ2v) is 5.54. The zero-order chi connectivity index (χ0) is 13.3. The summed E-state index contributed by atoms with van der Waals surface area (Å²) in [6.45, 7) is 0. The normalized spacial score (nSPS) is 15.7. The van der Waals surface area contributed by atoms with Crippen molar-refractivity contribution in [1.29, 1.82) is 0 Å². The van der Waals surface area contributed by atoms with Crippen molar-refractivity contribution in [3.8, 4) is 0 Å². The van der Waals surface area contributed by atoms with Crippen molar-refractivity contribution >= 4 is 15.8 Å². The summed E-state index contributed by atoms with van der Waals surface area (Å²) in [5.41, 5.74) is 2.70. The first-order valence-corrected chi connectivity index (χ1v) is 7.07. The van der Waals surface area contributed by atoms with Crippen molar-refractivity contribution in [3.63, 3.8) is 0 Å². The van der Waals surface area contributed by atoms with Crippen LogP contribution < -0.4 is 0 Å². The molecule has 96 valence electrons. The molecule has 19 heavy (non-hydrogen) atoms. The number of benzene rings is 1. The van der Waals surface area contributed by atoms with E-state index in [4.69, 9.17) is 0 Å². The minimum absolute atomic E-state index is 0.146. The maximum Gasteiger partial charge on any atom is 0.376 e. The summed E-state index contributed by atoms with van der Waals surface area (Å²) >= 11 is 0. The van der Waals surface area contributed by atoms with Gasteiger partial charge in [0.2, 0.25) is 0 Å². The predicted octanol–water partition coefficient (Wildman–Crippen LogP) is 1.75. The van der Waals surface area contributed by atoms with E-state index >= 15 is 0 Å². The van der Waals surface area contributed by atoms with Crippen LogP contribution in [0, 0.1) is 0 Å². The SMILES string of the molecule is O=S(=O)(ON=C1Cc2ccccc21)c1ccccn1. The van der Waals surface area contributed by atoms with Gasteiger partial charge in [0.15, 0.2) is 5.03 Å². The van der Waals surface area contributed by atoms with Crippen LogP contribution in [0.4, 0.5) is 0 Å². The van der Waals surface area contributed by atoms with Gasteiger partial charge in [-0.2, -0.15) is 8.42 Å². The largest absolute Gasteiger partial charge is 0.376 e. The molecule has 0 atom stereocenters.